The maximum atomic E-state index is 11.9. The second-order valence-electron chi connectivity index (χ2n) is 5.66. The van der Waals surface area contributed by atoms with Crippen LogP contribution in [0.15, 0.2) is 12.3 Å². The van der Waals surface area contributed by atoms with Crippen molar-refractivity contribution in [2.75, 3.05) is 36.1 Å². The molecular weight excluding hydrogens is 286 g/mol. The van der Waals surface area contributed by atoms with Crippen LogP contribution in [0.3, 0.4) is 0 Å². The number of rotatable bonds is 3. The Balaban J connectivity index is 2.24. The van der Waals surface area contributed by atoms with Gasteiger partial charge in [0, 0.05) is 29.8 Å². The van der Waals surface area contributed by atoms with Gasteiger partial charge in [-0.3, -0.25) is 0 Å². The van der Waals surface area contributed by atoms with E-state index in [1.165, 1.54) is 0 Å². The predicted octanol–water partition coefficient (Wildman–Crippen LogP) is 2.56. The molecule has 1 saturated heterocycles. The minimum absolute atomic E-state index is 0.266. The van der Waals surface area contributed by atoms with Gasteiger partial charge < -0.3 is 15.4 Å². The van der Waals surface area contributed by atoms with Crippen LogP contribution < -0.4 is 10.6 Å². The van der Waals surface area contributed by atoms with Crippen LogP contribution in [-0.2, 0) is 4.74 Å². The summed E-state index contributed by atoms with van der Waals surface area (Å²) in [5.41, 5.74) is 6.97. The summed E-state index contributed by atoms with van der Waals surface area (Å²) in [5, 5.41) is 0. The summed E-state index contributed by atoms with van der Waals surface area (Å²) in [7, 11) is 0. The Kier molecular flexibility index (Phi) is 4.98. The number of carbonyl (C=O) groups excluding carboxylic acids is 1. The molecule has 0 bridgehead atoms. The molecule has 0 aromatic carbocycles. The summed E-state index contributed by atoms with van der Waals surface area (Å²) in [6.07, 6.45) is 2.68. The van der Waals surface area contributed by atoms with Gasteiger partial charge >= 0.3 is 5.97 Å². The van der Waals surface area contributed by atoms with Crippen molar-refractivity contribution < 1.29 is 9.53 Å². The SMILES string of the molecule is CCOC(=O)c1ccnc(N2CCSC(C)(C)CC2)c1N. The molecule has 1 aliphatic heterocycles. The van der Waals surface area contributed by atoms with Crippen molar-refractivity contribution in [3.63, 3.8) is 0 Å². The molecule has 116 valence electrons. The molecule has 0 unspecified atom stereocenters. The van der Waals surface area contributed by atoms with E-state index >= 15 is 0 Å². The molecule has 1 fully saturated rings. The third kappa shape index (κ3) is 3.81. The molecule has 2 heterocycles. The van der Waals surface area contributed by atoms with E-state index in [4.69, 9.17) is 10.5 Å². The fraction of sp³-hybridized carbons (Fsp3) is 0.600. The zero-order chi connectivity index (χ0) is 15.5. The first-order chi connectivity index (χ1) is 9.94. The molecule has 0 aliphatic carbocycles. The molecule has 1 aromatic rings. The lowest BCUT2D eigenvalue weighted by Crippen LogP contribution is -2.29. The molecule has 0 amide bonds. The van der Waals surface area contributed by atoms with E-state index in [2.05, 4.69) is 23.7 Å². The number of thioether (sulfide) groups is 1. The number of nitrogen functional groups attached to an aromatic ring is 1. The van der Waals surface area contributed by atoms with Crippen molar-refractivity contribution in [2.24, 2.45) is 0 Å². The predicted molar refractivity (Wildman–Crippen MR) is 88.0 cm³/mol. The fourth-order valence-electron chi connectivity index (χ4n) is 2.33. The van der Waals surface area contributed by atoms with Crippen molar-refractivity contribution in [3.05, 3.63) is 17.8 Å². The number of pyridine rings is 1. The number of nitrogens with zero attached hydrogens (tertiary/aromatic N) is 2. The van der Waals surface area contributed by atoms with E-state index in [1.54, 1.807) is 19.2 Å². The molecule has 0 spiro atoms. The molecule has 6 heteroatoms. The smallest absolute Gasteiger partial charge is 0.340 e. The van der Waals surface area contributed by atoms with E-state index in [0.29, 0.717) is 23.7 Å². The molecule has 21 heavy (non-hydrogen) atoms. The Morgan fingerprint density at radius 1 is 1.52 bits per heavy atom. The van der Waals surface area contributed by atoms with Crippen LogP contribution in [0.25, 0.3) is 0 Å². The van der Waals surface area contributed by atoms with Gasteiger partial charge in [0.15, 0.2) is 5.82 Å². The third-order valence-electron chi connectivity index (χ3n) is 3.60. The first-order valence-corrected chi connectivity index (χ1v) is 8.23. The highest BCUT2D eigenvalue weighted by atomic mass is 32.2. The molecule has 0 radical (unpaired) electrons. The molecule has 1 aliphatic rings. The number of aromatic nitrogens is 1. The number of ether oxygens (including phenoxy) is 1. The minimum Gasteiger partial charge on any atom is -0.462 e. The minimum atomic E-state index is -0.386. The van der Waals surface area contributed by atoms with Crippen LogP contribution in [-0.4, -0.2) is 41.1 Å². The highest BCUT2D eigenvalue weighted by Crippen LogP contribution is 2.33. The number of esters is 1. The van der Waals surface area contributed by atoms with Crippen LogP contribution in [0.2, 0.25) is 0 Å². The summed E-state index contributed by atoms with van der Waals surface area (Å²) in [5.74, 6) is 1.33. The van der Waals surface area contributed by atoms with Crippen LogP contribution in [0.5, 0.6) is 0 Å². The van der Waals surface area contributed by atoms with Gasteiger partial charge in [-0.2, -0.15) is 11.8 Å². The van der Waals surface area contributed by atoms with E-state index in [-0.39, 0.29) is 10.7 Å². The summed E-state index contributed by atoms with van der Waals surface area (Å²) >= 11 is 1.96. The molecule has 0 atom stereocenters. The number of anilines is 2. The van der Waals surface area contributed by atoms with Crippen LogP contribution >= 0.6 is 11.8 Å². The lowest BCUT2D eigenvalue weighted by Gasteiger charge is -2.24. The van der Waals surface area contributed by atoms with Gasteiger partial charge in [0.1, 0.15) is 0 Å². The highest BCUT2D eigenvalue weighted by Gasteiger charge is 2.26. The van der Waals surface area contributed by atoms with Gasteiger partial charge in [-0.1, -0.05) is 13.8 Å². The van der Waals surface area contributed by atoms with Crippen molar-refractivity contribution in [1.29, 1.82) is 0 Å². The normalized spacial score (nSPS) is 18.1. The van der Waals surface area contributed by atoms with E-state index in [0.717, 1.165) is 25.3 Å². The molecule has 0 saturated carbocycles. The number of carbonyl (C=O) groups is 1. The number of nitrogens with two attached hydrogens (primary N) is 1. The van der Waals surface area contributed by atoms with Gasteiger partial charge in [-0.05, 0) is 19.4 Å². The van der Waals surface area contributed by atoms with Gasteiger partial charge in [0.25, 0.3) is 0 Å². The first kappa shape index (κ1) is 15.9. The Bertz CT molecular complexity index is 520. The second kappa shape index (κ2) is 6.56. The van der Waals surface area contributed by atoms with Crippen LogP contribution in [0, 0.1) is 0 Å². The average molecular weight is 309 g/mol. The van der Waals surface area contributed by atoms with E-state index < -0.39 is 0 Å². The van der Waals surface area contributed by atoms with Crippen molar-refractivity contribution in [3.8, 4) is 0 Å². The molecular formula is C15H23N3O2S. The summed E-state index contributed by atoms with van der Waals surface area (Å²) in [6, 6.07) is 1.62. The highest BCUT2D eigenvalue weighted by molar-refractivity contribution is 8.00. The van der Waals surface area contributed by atoms with Crippen LogP contribution in [0.4, 0.5) is 11.5 Å². The van der Waals surface area contributed by atoms with Gasteiger partial charge in [-0.25, -0.2) is 9.78 Å². The lowest BCUT2D eigenvalue weighted by molar-refractivity contribution is 0.0527. The second-order valence-corrected chi connectivity index (χ2v) is 7.46. The Labute approximate surface area is 130 Å². The lowest BCUT2D eigenvalue weighted by atomic mass is 10.1. The zero-order valence-corrected chi connectivity index (χ0v) is 13.7. The largest absolute Gasteiger partial charge is 0.462 e. The number of hydrogen-bond acceptors (Lipinski definition) is 6. The first-order valence-electron chi connectivity index (χ1n) is 7.25. The molecule has 1 aromatic heterocycles. The Morgan fingerprint density at radius 3 is 3.00 bits per heavy atom. The summed E-state index contributed by atoms with van der Waals surface area (Å²) in [4.78, 5) is 18.5. The topological polar surface area (TPSA) is 68.5 Å². The van der Waals surface area contributed by atoms with Gasteiger partial charge in [0.05, 0.1) is 17.9 Å². The summed E-state index contributed by atoms with van der Waals surface area (Å²) < 4.78 is 5.31. The van der Waals surface area contributed by atoms with E-state index in [9.17, 15) is 4.79 Å². The fourth-order valence-corrected chi connectivity index (χ4v) is 3.43. The summed E-state index contributed by atoms with van der Waals surface area (Å²) in [6.45, 7) is 8.41. The monoisotopic (exact) mass is 309 g/mol. The molecule has 2 N–H and O–H groups in total. The van der Waals surface area contributed by atoms with Crippen LogP contribution in [0.1, 0.15) is 37.6 Å². The quantitative estimate of drug-likeness (QED) is 0.866. The third-order valence-corrected chi connectivity index (χ3v) is 4.97. The Hall–Kier alpha value is -1.43. The maximum absolute atomic E-state index is 11.9. The van der Waals surface area contributed by atoms with E-state index in [1.807, 2.05) is 11.8 Å². The van der Waals surface area contributed by atoms with Crippen molar-refractivity contribution >= 4 is 29.2 Å². The molecule has 2 rings (SSSR count). The van der Waals surface area contributed by atoms with Crippen molar-refractivity contribution in [2.45, 2.75) is 31.9 Å². The molecule has 5 nitrogen and oxygen atoms in total. The van der Waals surface area contributed by atoms with Gasteiger partial charge in [-0.15, -0.1) is 0 Å². The average Bonchev–Trinajstić information content (AvgIpc) is 2.60. The maximum Gasteiger partial charge on any atom is 0.340 e. The van der Waals surface area contributed by atoms with Gasteiger partial charge in [0.2, 0.25) is 0 Å². The standard InChI is InChI=1S/C15H23N3O2S/c1-4-20-14(19)11-5-7-17-13(12(11)16)18-8-6-15(2,3)21-10-9-18/h5,7H,4,6,8-10,16H2,1-3H3. The zero-order valence-electron chi connectivity index (χ0n) is 12.9. The Morgan fingerprint density at radius 2 is 2.29 bits per heavy atom. The van der Waals surface area contributed by atoms with Crippen molar-refractivity contribution in [1.82, 2.24) is 4.98 Å². The number of hydrogen-bond donors (Lipinski definition) is 1.